The molecule has 1 aromatic heterocycles. The second kappa shape index (κ2) is 7.95. The summed E-state index contributed by atoms with van der Waals surface area (Å²) in [6.45, 7) is 10.2. The molecule has 0 atom stereocenters. The summed E-state index contributed by atoms with van der Waals surface area (Å²) in [5.74, 6) is 0.901. The number of carbonyl (C=O) groups excluding carboxylic acids is 1. The standard InChI is InChI=1S/C22H32N4O2/c1-14-15(2)24-17-7-6-8-18(19(17)20(14)23)28-13-22(3,4)25-21(27)16-9-11-26(5)12-10-16/h6-8,16H,9-13H2,1-5H3,(H2,23,24)(H,25,27). The summed E-state index contributed by atoms with van der Waals surface area (Å²) in [5, 5.41) is 4.00. The minimum atomic E-state index is -0.482. The van der Waals surface area contributed by atoms with Crippen LogP contribution in [-0.2, 0) is 4.79 Å². The van der Waals surface area contributed by atoms with Crippen molar-refractivity contribution in [3.8, 4) is 5.75 Å². The molecule has 0 spiro atoms. The van der Waals surface area contributed by atoms with E-state index in [1.54, 1.807) is 0 Å². The maximum absolute atomic E-state index is 12.7. The molecular weight excluding hydrogens is 352 g/mol. The third-order valence-electron chi connectivity index (χ3n) is 5.65. The van der Waals surface area contributed by atoms with Crippen LogP contribution in [0.2, 0.25) is 0 Å². The molecule has 0 radical (unpaired) electrons. The molecule has 28 heavy (non-hydrogen) atoms. The van der Waals surface area contributed by atoms with Crippen LogP contribution in [0.3, 0.4) is 0 Å². The summed E-state index contributed by atoms with van der Waals surface area (Å²) in [5.41, 5.74) is 9.29. The number of nitrogens with one attached hydrogen (secondary N) is 1. The minimum absolute atomic E-state index is 0.0819. The molecule has 1 aromatic carbocycles. The van der Waals surface area contributed by atoms with E-state index in [4.69, 9.17) is 10.5 Å². The molecule has 6 nitrogen and oxygen atoms in total. The minimum Gasteiger partial charge on any atom is -0.490 e. The van der Waals surface area contributed by atoms with Gasteiger partial charge in [0, 0.05) is 17.3 Å². The number of piperidine rings is 1. The van der Waals surface area contributed by atoms with Gasteiger partial charge in [-0.3, -0.25) is 9.78 Å². The van der Waals surface area contributed by atoms with Crippen molar-refractivity contribution in [1.29, 1.82) is 0 Å². The van der Waals surface area contributed by atoms with Gasteiger partial charge < -0.3 is 20.7 Å². The van der Waals surface area contributed by atoms with E-state index in [9.17, 15) is 4.79 Å². The van der Waals surface area contributed by atoms with Crippen molar-refractivity contribution < 1.29 is 9.53 Å². The molecule has 2 aromatic rings. The highest BCUT2D eigenvalue weighted by Gasteiger charge is 2.29. The van der Waals surface area contributed by atoms with Crippen molar-refractivity contribution >= 4 is 22.5 Å². The van der Waals surface area contributed by atoms with Crippen LogP contribution in [-0.4, -0.2) is 48.1 Å². The Balaban J connectivity index is 1.71. The molecule has 1 amide bonds. The van der Waals surface area contributed by atoms with E-state index in [1.165, 1.54) is 0 Å². The van der Waals surface area contributed by atoms with Crippen LogP contribution >= 0.6 is 0 Å². The molecule has 1 aliphatic rings. The van der Waals surface area contributed by atoms with Crippen LogP contribution in [0.1, 0.15) is 37.9 Å². The second-order valence-corrected chi connectivity index (χ2v) is 8.63. The zero-order valence-electron chi connectivity index (χ0n) is 17.6. The number of fused-ring (bicyclic) bond motifs is 1. The summed E-state index contributed by atoms with van der Waals surface area (Å²) in [4.78, 5) is 19.6. The Labute approximate surface area is 167 Å². The fourth-order valence-corrected chi connectivity index (χ4v) is 3.65. The second-order valence-electron chi connectivity index (χ2n) is 8.63. The molecule has 152 valence electrons. The summed E-state index contributed by atoms with van der Waals surface area (Å²) in [7, 11) is 2.10. The zero-order valence-corrected chi connectivity index (χ0v) is 17.6. The first-order valence-electron chi connectivity index (χ1n) is 9.97. The van der Waals surface area contributed by atoms with Crippen molar-refractivity contribution in [3.05, 3.63) is 29.5 Å². The number of hydrogen-bond acceptors (Lipinski definition) is 5. The highest BCUT2D eigenvalue weighted by Crippen LogP contribution is 2.33. The van der Waals surface area contributed by atoms with Gasteiger partial charge in [0.1, 0.15) is 12.4 Å². The summed E-state index contributed by atoms with van der Waals surface area (Å²) in [6, 6.07) is 5.77. The number of hydrogen-bond donors (Lipinski definition) is 2. The summed E-state index contributed by atoms with van der Waals surface area (Å²) >= 11 is 0. The van der Waals surface area contributed by atoms with Gasteiger partial charge >= 0.3 is 0 Å². The lowest BCUT2D eigenvalue weighted by Crippen LogP contribution is -2.51. The van der Waals surface area contributed by atoms with Gasteiger partial charge in [-0.25, -0.2) is 0 Å². The van der Waals surface area contributed by atoms with Crippen LogP contribution in [0.4, 0.5) is 5.69 Å². The molecule has 1 aliphatic heterocycles. The predicted molar refractivity (Wildman–Crippen MR) is 114 cm³/mol. The van der Waals surface area contributed by atoms with Gasteiger partial charge in [0.25, 0.3) is 0 Å². The lowest BCUT2D eigenvalue weighted by molar-refractivity contribution is -0.128. The average molecular weight is 385 g/mol. The molecule has 6 heteroatoms. The van der Waals surface area contributed by atoms with E-state index in [2.05, 4.69) is 22.2 Å². The number of nitrogens with two attached hydrogens (primary N) is 1. The lowest BCUT2D eigenvalue weighted by atomic mass is 9.94. The number of aromatic nitrogens is 1. The van der Waals surface area contributed by atoms with Gasteiger partial charge in [-0.05, 0) is 78.4 Å². The molecule has 2 heterocycles. The van der Waals surface area contributed by atoms with Gasteiger partial charge in [0.05, 0.1) is 16.4 Å². The highest BCUT2D eigenvalue weighted by atomic mass is 16.5. The molecule has 0 aliphatic carbocycles. The first-order chi connectivity index (χ1) is 13.2. The Morgan fingerprint density at radius 1 is 1.32 bits per heavy atom. The number of anilines is 1. The summed E-state index contributed by atoms with van der Waals surface area (Å²) in [6.07, 6.45) is 1.81. The highest BCUT2D eigenvalue weighted by molar-refractivity contribution is 5.97. The molecule has 0 saturated carbocycles. The number of ether oxygens (including phenoxy) is 1. The van der Waals surface area contributed by atoms with Crippen molar-refractivity contribution in [2.45, 2.75) is 46.1 Å². The Bertz CT molecular complexity index is 870. The Morgan fingerprint density at radius 2 is 2.00 bits per heavy atom. The largest absolute Gasteiger partial charge is 0.490 e. The first kappa shape index (κ1) is 20.4. The normalized spacial score (nSPS) is 16.3. The molecule has 1 fully saturated rings. The van der Waals surface area contributed by atoms with E-state index in [-0.39, 0.29) is 11.8 Å². The predicted octanol–water partition coefficient (Wildman–Crippen LogP) is 3.05. The number of benzene rings is 1. The SMILES string of the molecule is Cc1nc2cccc(OCC(C)(C)NC(=O)C3CCN(C)CC3)c2c(N)c1C. The summed E-state index contributed by atoms with van der Waals surface area (Å²) < 4.78 is 6.12. The Kier molecular flexibility index (Phi) is 5.79. The van der Waals surface area contributed by atoms with Crippen LogP contribution in [0.5, 0.6) is 5.75 Å². The Hall–Kier alpha value is -2.34. The van der Waals surface area contributed by atoms with E-state index >= 15 is 0 Å². The topological polar surface area (TPSA) is 80.5 Å². The van der Waals surface area contributed by atoms with Gasteiger partial charge in [-0.1, -0.05) is 6.07 Å². The van der Waals surface area contributed by atoms with E-state index < -0.39 is 5.54 Å². The Morgan fingerprint density at radius 3 is 2.68 bits per heavy atom. The molecule has 1 saturated heterocycles. The number of nitrogen functional groups attached to an aromatic ring is 1. The molecule has 0 unspecified atom stereocenters. The third-order valence-corrected chi connectivity index (χ3v) is 5.65. The van der Waals surface area contributed by atoms with E-state index in [0.29, 0.717) is 18.0 Å². The van der Waals surface area contributed by atoms with Gasteiger partial charge in [-0.2, -0.15) is 0 Å². The van der Waals surface area contributed by atoms with E-state index in [1.807, 2.05) is 45.9 Å². The van der Waals surface area contributed by atoms with Gasteiger partial charge in [0.2, 0.25) is 5.91 Å². The fourth-order valence-electron chi connectivity index (χ4n) is 3.65. The van der Waals surface area contributed by atoms with Crippen molar-refractivity contribution in [2.75, 3.05) is 32.5 Å². The van der Waals surface area contributed by atoms with Crippen molar-refractivity contribution in [2.24, 2.45) is 5.92 Å². The maximum Gasteiger partial charge on any atom is 0.223 e. The molecule has 0 bridgehead atoms. The zero-order chi connectivity index (χ0) is 20.5. The lowest BCUT2D eigenvalue weighted by Gasteiger charge is -2.32. The van der Waals surface area contributed by atoms with Crippen LogP contribution < -0.4 is 15.8 Å². The number of aryl methyl sites for hydroxylation is 1. The monoisotopic (exact) mass is 384 g/mol. The van der Waals surface area contributed by atoms with Crippen LogP contribution in [0, 0.1) is 19.8 Å². The van der Waals surface area contributed by atoms with Gasteiger partial charge in [0.15, 0.2) is 0 Å². The molecule has 3 N–H and O–H groups in total. The van der Waals surface area contributed by atoms with Gasteiger partial charge in [-0.15, -0.1) is 0 Å². The molecular formula is C22H32N4O2. The third kappa shape index (κ3) is 4.38. The maximum atomic E-state index is 12.7. The number of rotatable bonds is 5. The fraction of sp³-hybridized carbons (Fsp3) is 0.545. The average Bonchev–Trinajstić information content (AvgIpc) is 2.64. The van der Waals surface area contributed by atoms with Crippen LogP contribution in [0.15, 0.2) is 18.2 Å². The number of nitrogens with zero attached hydrogens (tertiary/aromatic N) is 2. The first-order valence-corrected chi connectivity index (χ1v) is 9.97. The quantitative estimate of drug-likeness (QED) is 0.828. The number of amides is 1. The smallest absolute Gasteiger partial charge is 0.223 e. The number of carbonyl (C=O) groups is 1. The van der Waals surface area contributed by atoms with Crippen molar-refractivity contribution in [1.82, 2.24) is 15.2 Å². The van der Waals surface area contributed by atoms with Crippen molar-refractivity contribution in [3.63, 3.8) is 0 Å². The number of pyridine rings is 1. The molecule has 3 rings (SSSR count). The van der Waals surface area contributed by atoms with E-state index in [0.717, 1.165) is 48.1 Å². The number of likely N-dealkylation sites (tertiary alicyclic amines) is 1. The van der Waals surface area contributed by atoms with Crippen LogP contribution in [0.25, 0.3) is 10.9 Å².